The molecule has 0 bridgehead atoms. The Balaban J connectivity index is 2.37. The van der Waals surface area contributed by atoms with Gasteiger partial charge in [0.15, 0.2) is 0 Å². The Morgan fingerprint density at radius 3 is 2.74 bits per heavy atom. The van der Waals surface area contributed by atoms with Crippen LogP contribution in [0.3, 0.4) is 0 Å². The van der Waals surface area contributed by atoms with Crippen molar-refractivity contribution in [2.75, 3.05) is 13.7 Å². The molecule has 1 amide bonds. The third-order valence-electron chi connectivity index (χ3n) is 4.04. The number of nitro groups is 1. The van der Waals surface area contributed by atoms with Crippen molar-refractivity contribution in [3.8, 4) is 5.75 Å². The summed E-state index contributed by atoms with van der Waals surface area (Å²) in [5.74, 6) is -1.12. The molecule has 0 saturated carbocycles. The van der Waals surface area contributed by atoms with E-state index in [9.17, 15) is 19.7 Å². The number of ether oxygens (including phenoxy) is 1. The molecule has 1 aromatic rings. The van der Waals surface area contributed by atoms with Gasteiger partial charge in [0.1, 0.15) is 5.75 Å². The molecule has 1 heterocycles. The summed E-state index contributed by atoms with van der Waals surface area (Å²) >= 11 is 0. The molecule has 1 saturated heterocycles. The lowest BCUT2D eigenvalue weighted by atomic mass is 10.1. The topological polar surface area (TPSA) is 110 Å². The van der Waals surface area contributed by atoms with Crippen LogP contribution in [0.2, 0.25) is 0 Å². The van der Waals surface area contributed by atoms with Crippen molar-refractivity contribution < 1.29 is 24.4 Å². The molecule has 0 aromatic heterocycles. The molecule has 1 atom stereocenters. The second kappa shape index (κ2) is 6.64. The van der Waals surface area contributed by atoms with E-state index in [1.165, 1.54) is 24.1 Å². The van der Waals surface area contributed by atoms with Gasteiger partial charge in [0.25, 0.3) is 11.6 Å². The number of carboxylic acid groups (broad SMARTS) is 1. The summed E-state index contributed by atoms with van der Waals surface area (Å²) in [5.41, 5.74) is 0.288. The predicted octanol–water partition coefficient (Wildman–Crippen LogP) is 1.99. The number of benzene rings is 1. The zero-order valence-electron chi connectivity index (χ0n) is 12.9. The van der Waals surface area contributed by atoms with Crippen molar-refractivity contribution in [3.05, 3.63) is 33.4 Å². The quantitative estimate of drug-likeness (QED) is 0.655. The summed E-state index contributed by atoms with van der Waals surface area (Å²) in [5, 5.41) is 20.1. The number of aliphatic carboxylic acids is 1. The monoisotopic (exact) mass is 322 g/mol. The number of nitrogens with zero attached hydrogens (tertiary/aromatic N) is 2. The van der Waals surface area contributed by atoms with Gasteiger partial charge in [0, 0.05) is 18.7 Å². The van der Waals surface area contributed by atoms with Crippen LogP contribution in [0.1, 0.15) is 35.2 Å². The Morgan fingerprint density at radius 2 is 2.17 bits per heavy atom. The van der Waals surface area contributed by atoms with Gasteiger partial charge in [0.2, 0.25) is 0 Å². The number of rotatable bonds is 5. The van der Waals surface area contributed by atoms with E-state index in [4.69, 9.17) is 9.84 Å². The number of likely N-dealkylation sites (tertiary alicyclic amines) is 1. The molecule has 1 fully saturated rings. The zero-order chi connectivity index (χ0) is 17.1. The molecule has 1 aromatic carbocycles. The molecule has 0 aliphatic carbocycles. The number of carbonyl (C=O) groups is 2. The van der Waals surface area contributed by atoms with E-state index in [0.29, 0.717) is 18.5 Å². The Hall–Kier alpha value is -2.64. The average Bonchev–Trinajstić information content (AvgIpc) is 2.93. The maximum atomic E-state index is 12.6. The number of carbonyl (C=O) groups excluding carboxylic acids is 1. The van der Waals surface area contributed by atoms with Gasteiger partial charge in [-0.05, 0) is 25.8 Å². The highest BCUT2D eigenvalue weighted by Gasteiger charge is 2.32. The molecule has 124 valence electrons. The van der Waals surface area contributed by atoms with Gasteiger partial charge in [0.05, 0.1) is 29.6 Å². The van der Waals surface area contributed by atoms with Gasteiger partial charge in [-0.3, -0.25) is 19.7 Å². The van der Waals surface area contributed by atoms with Crippen molar-refractivity contribution in [1.82, 2.24) is 4.90 Å². The lowest BCUT2D eigenvalue weighted by Gasteiger charge is -2.23. The van der Waals surface area contributed by atoms with E-state index in [0.717, 1.165) is 6.42 Å². The van der Waals surface area contributed by atoms with Gasteiger partial charge < -0.3 is 14.7 Å². The smallest absolute Gasteiger partial charge is 0.305 e. The average molecular weight is 322 g/mol. The summed E-state index contributed by atoms with van der Waals surface area (Å²) in [6.45, 7) is 2.00. The van der Waals surface area contributed by atoms with Crippen LogP contribution < -0.4 is 4.74 Å². The number of nitro benzene ring substituents is 1. The zero-order valence-corrected chi connectivity index (χ0v) is 12.9. The third-order valence-corrected chi connectivity index (χ3v) is 4.04. The molecule has 1 N–H and O–H groups in total. The van der Waals surface area contributed by atoms with Gasteiger partial charge in [-0.25, -0.2) is 0 Å². The first-order valence-electron chi connectivity index (χ1n) is 7.21. The fourth-order valence-corrected chi connectivity index (χ4v) is 2.88. The minimum Gasteiger partial charge on any atom is -0.496 e. The molecule has 0 radical (unpaired) electrons. The summed E-state index contributed by atoms with van der Waals surface area (Å²) in [4.78, 5) is 35.6. The molecule has 8 heteroatoms. The summed E-state index contributed by atoms with van der Waals surface area (Å²) in [7, 11) is 1.38. The van der Waals surface area contributed by atoms with Crippen LogP contribution in [0.4, 0.5) is 5.69 Å². The molecule has 1 aliphatic rings. The third kappa shape index (κ3) is 3.41. The lowest BCUT2D eigenvalue weighted by molar-refractivity contribution is -0.385. The van der Waals surface area contributed by atoms with Crippen molar-refractivity contribution in [1.29, 1.82) is 0 Å². The molecule has 1 unspecified atom stereocenters. The minimum absolute atomic E-state index is 0.128. The van der Waals surface area contributed by atoms with Crippen LogP contribution >= 0.6 is 0 Å². The number of hydrogen-bond donors (Lipinski definition) is 1. The van der Waals surface area contributed by atoms with Crippen molar-refractivity contribution >= 4 is 17.6 Å². The van der Waals surface area contributed by atoms with Crippen LogP contribution in [-0.2, 0) is 4.79 Å². The molecule has 2 rings (SSSR count). The number of amides is 1. The highest BCUT2D eigenvalue weighted by atomic mass is 16.6. The molecule has 23 heavy (non-hydrogen) atoms. The van der Waals surface area contributed by atoms with E-state index >= 15 is 0 Å². The Bertz CT molecular complexity index is 658. The van der Waals surface area contributed by atoms with E-state index in [-0.39, 0.29) is 29.5 Å². The molecule has 0 spiro atoms. The summed E-state index contributed by atoms with van der Waals surface area (Å²) < 4.78 is 5.11. The van der Waals surface area contributed by atoms with Gasteiger partial charge in [-0.1, -0.05) is 0 Å². The molecular weight excluding hydrogens is 304 g/mol. The Morgan fingerprint density at radius 1 is 1.48 bits per heavy atom. The fraction of sp³-hybridized carbons (Fsp3) is 0.467. The second-order valence-electron chi connectivity index (χ2n) is 5.47. The van der Waals surface area contributed by atoms with Gasteiger partial charge in [-0.15, -0.1) is 0 Å². The van der Waals surface area contributed by atoms with Crippen LogP contribution in [-0.4, -0.2) is 46.5 Å². The fourth-order valence-electron chi connectivity index (χ4n) is 2.88. The first-order chi connectivity index (χ1) is 10.8. The highest BCUT2D eigenvalue weighted by molar-refractivity contribution is 5.96. The number of methoxy groups -OCH3 is 1. The highest BCUT2D eigenvalue weighted by Crippen LogP contribution is 2.31. The minimum atomic E-state index is -0.970. The first-order valence-corrected chi connectivity index (χ1v) is 7.21. The van der Waals surface area contributed by atoms with E-state index in [1.807, 2.05) is 0 Å². The van der Waals surface area contributed by atoms with E-state index < -0.39 is 16.8 Å². The van der Waals surface area contributed by atoms with Gasteiger partial charge in [-0.2, -0.15) is 0 Å². The maximum Gasteiger partial charge on any atom is 0.305 e. The molecule has 8 nitrogen and oxygen atoms in total. The van der Waals surface area contributed by atoms with Crippen LogP contribution in [0.15, 0.2) is 12.1 Å². The Labute approximate surface area is 132 Å². The second-order valence-corrected chi connectivity index (χ2v) is 5.47. The van der Waals surface area contributed by atoms with Gasteiger partial charge >= 0.3 is 5.97 Å². The number of carboxylic acids is 1. The maximum absolute atomic E-state index is 12.6. The van der Waals surface area contributed by atoms with Crippen LogP contribution in [0.5, 0.6) is 5.75 Å². The summed E-state index contributed by atoms with van der Waals surface area (Å²) in [6, 6.07) is 2.29. The van der Waals surface area contributed by atoms with Crippen molar-refractivity contribution in [3.63, 3.8) is 0 Å². The predicted molar refractivity (Wildman–Crippen MR) is 80.7 cm³/mol. The summed E-state index contributed by atoms with van der Waals surface area (Å²) in [6.07, 6.45) is 1.20. The normalized spacial score (nSPS) is 17.1. The number of hydrogen-bond acceptors (Lipinski definition) is 5. The lowest BCUT2D eigenvalue weighted by Crippen LogP contribution is -2.36. The van der Waals surface area contributed by atoms with E-state index in [2.05, 4.69) is 0 Å². The SMILES string of the molecule is COc1cc(C(=O)N2CCCC2CC(=O)O)cc([N+](=O)[O-])c1C. The largest absolute Gasteiger partial charge is 0.496 e. The molecular formula is C15H18N2O6. The van der Waals surface area contributed by atoms with Crippen LogP contribution in [0.25, 0.3) is 0 Å². The Kier molecular flexibility index (Phi) is 4.83. The molecule has 1 aliphatic heterocycles. The standard InChI is InChI=1S/C15H18N2O6/c1-9-12(17(21)22)6-10(7-13(9)23-2)15(20)16-5-3-4-11(16)8-14(18)19/h6-7,11H,3-5,8H2,1-2H3,(H,18,19). The van der Waals surface area contributed by atoms with Crippen molar-refractivity contribution in [2.45, 2.75) is 32.2 Å². The van der Waals surface area contributed by atoms with E-state index in [1.54, 1.807) is 6.92 Å². The first kappa shape index (κ1) is 16.7. The van der Waals surface area contributed by atoms with Crippen molar-refractivity contribution in [2.24, 2.45) is 0 Å². The van der Waals surface area contributed by atoms with Crippen LogP contribution in [0, 0.1) is 17.0 Å².